The lowest BCUT2D eigenvalue weighted by Crippen LogP contribution is -2.26. The number of hydrogen-bond donors (Lipinski definition) is 0. The van der Waals surface area contributed by atoms with Gasteiger partial charge in [0.2, 0.25) is 0 Å². The van der Waals surface area contributed by atoms with Gasteiger partial charge < -0.3 is 0 Å². The Balaban J connectivity index is 4.70. The molecule has 0 nitrogen and oxygen atoms in total. The largest absolute Gasteiger partial charge is 0.105 e. The molecule has 0 saturated heterocycles. The monoisotopic (exact) mass is 262 g/mol. The van der Waals surface area contributed by atoms with Gasteiger partial charge in [0, 0.05) is 0 Å². The SMILES string of the molecule is CC(C)(C)P(P(Cl)Cl)[Si](C)(C)C. The fraction of sp³-hybridized carbons (Fsp3) is 1.00. The Bertz CT molecular complexity index is 134. The van der Waals surface area contributed by atoms with Crippen LogP contribution >= 0.6 is 36.0 Å². The maximum atomic E-state index is 6.11. The quantitative estimate of drug-likeness (QED) is 0.436. The fourth-order valence-electron chi connectivity index (χ4n) is 1.46. The molecule has 0 aliphatic rings. The molecule has 0 aliphatic heterocycles. The summed E-state index contributed by atoms with van der Waals surface area (Å²) >= 11 is 12.2. The van der Waals surface area contributed by atoms with Crippen LogP contribution in [0.5, 0.6) is 0 Å². The van der Waals surface area contributed by atoms with Crippen molar-refractivity contribution in [2.45, 2.75) is 45.6 Å². The molecule has 0 aromatic rings. The van der Waals surface area contributed by atoms with E-state index in [0.29, 0.717) is 5.16 Å². The van der Waals surface area contributed by atoms with Crippen LogP contribution in [0.4, 0.5) is 0 Å². The van der Waals surface area contributed by atoms with Gasteiger partial charge in [-0.15, -0.1) is 0 Å². The van der Waals surface area contributed by atoms with E-state index in [9.17, 15) is 0 Å². The van der Waals surface area contributed by atoms with E-state index in [1.807, 2.05) is 0 Å². The first-order chi connectivity index (χ1) is 5.07. The van der Waals surface area contributed by atoms with Crippen LogP contribution in [0.25, 0.3) is 0 Å². The minimum absolute atomic E-state index is 0.167. The normalized spacial score (nSPS) is 16.8. The molecule has 1 unspecified atom stereocenters. The fourth-order valence-corrected chi connectivity index (χ4v) is 33.5. The third-order valence-electron chi connectivity index (χ3n) is 1.42. The standard InChI is InChI=1S/C7H18Cl2P2Si/c1-7(2,3)10(11(8)9)12(4,5)6/h1-6H3. The van der Waals surface area contributed by atoms with E-state index in [1.165, 1.54) is 0 Å². The predicted octanol–water partition coefficient (Wildman–Crippen LogP) is 5.81. The molecular formula is C7H18Cl2P2Si. The Labute approximate surface area is 89.2 Å². The summed E-state index contributed by atoms with van der Waals surface area (Å²) in [4.78, 5) is 0. The van der Waals surface area contributed by atoms with Gasteiger partial charge in [0.15, 0.2) is 0 Å². The van der Waals surface area contributed by atoms with Crippen molar-refractivity contribution >= 4 is 43.7 Å². The van der Waals surface area contributed by atoms with Gasteiger partial charge in [0.25, 0.3) is 0 Å². The van der Waals surface area contributed by atoms with Gasteiger partial charge in [-0.25, -0.2) is 0 Å². The first kappa shape index (κ1) is 13.7. The molecule has 0 heterocycles. The molecular weight excluding hydrogens is 245 g/mol. The van der Waals surface area contributed by atoms with Crippen molar-refractivity contribution in [1.29, 1.82) is 0 Å². The maximum Gasteiger partial charge on any atom is 0.105 e. The summed E-state index contributed by atoms with van der Waals surface area (Å²) in [5, 5.41) is 0.314. The molecule has 0 spiro atoms. The van der Waals surface area contributed by atoms with Crippen molar-refractivity contribution in [3.8, 4) is 0 Å². The Morgan fingerprint density at radius 1 is 1.00 bits per heavy atom. The lowest BCUT2D eigenvalue weighted by Gasteiger charge is -2.40. The van der Waals surface area contributed by atoms with E-state index >= 15 is 0 Å². The van der Waals surface area contributed by atoms with Gasteiger partial charge in [-0.05, 0) is 5.16 Å². The van der Waals surface area contributed by atoms with Crippen LogP contribution in [-0.4, -0.2) is 12.9 Å². The highest BCUT2D eigenvalue weighted by atomic mass is 35.9. The Morgan fingerprint density at radius 3 is 1.33 bits per heavy atom. The second kappa shape index (κ2) is 4.45. The van der Waals surface area contributed by atoms with Gasteiger partial charge >= 0.3 is 0 Å². The first-order valence-electron chi connectivity index (χ1n) is 3.99. The Hall–Kier alpha value is 1.66. The van der Waals surface area contributed by atoms with Crippen LogP contribution in [0.1, 0.15) is 20.8 Å². The minimum Gasteiger partial charge on any atom is -0.0734 e. The van der Waals surface area contributed by atoms with Crippen LogP contribution in [0, 0.1) is 0 Å². The van der Waals surface area contributed by atoms with Gasteiger partial charge in [0.05, 0.1) is 7.74 Å². The summed E-state index contributed by atoms with van der Waals surface area (Å²) in [5.74, 6) is 0. The number of halogens is 2. The summed E-state index contributed by atoms with van der Waals surface area (Å²) < 4.78 is 0. The summed E-state index contributed by atoms with van der Waals surface area (Å²) in [6, 6.07) is 0. The maximum absolute atomic E-state index is 6.11. The zero-order valence-electron chi connectivity index (χ0n) is 8.65. The molecule has 74 valence electrons. The Morgan fingerprint density at radius 2 is 1.33 bits per heavy atom. The first-order valence-corrected chi connectivity index (χ1v) is 13.5. The van der Waals surface area contributed by atoms with Crippen LogP contribution in [0.15, 0.2) is 0 Å². The lowest BCUT2D eigenvalue weighted by molar-refractivity contribution is 0.798. The average molecular weight is 263 g/mol. The summed E-state index contributed by atoms with van der Waals surface area (Å²) in [7, 11) is -1.32. The van der Waals surface area contributed by atoms with Gasteiger partial charge in [-0.3, -0.25) is 0 Å². The second-order valence-electron chi connectivity index (χ2n) is 4.87. The molecule has 0 saturated carbocycles. The number of rotatable bonds is 2. The highest BCUT2D eigenvalue weighted by molar-refractivity contribution is 8.60. The molecule has 0 fully saturated rings. The smallest absolute Gasteiger partial charge is 0.0734 e. The van der Waals surface area contributed by atoms with Crippen LogP contribution in [0.3, 0.4) is 0 Å². The van der Waals surface area contributed by atoms with E-state index < -0.39 is 14.1 Å². The molecule has 12 heavy (non-hydrogen) atoms. The van der Waals surface area contributed by atoms with Crippen molar-refractivity contribution in [1.82, 2.24) is 0 Å². The van der Waals surface area contributed by atoms with Crippen LogP contribution in [0.2, 0.25) is 19.6 Å². The molecule has 0 radical (unpaired) electrons. The van der Waals surface area contributed by atoms with Gasteiger partial charge in [-0.1, -0.05) is 70.1 Å². The molecule has 0 aliphatic carbocycles. The minimum atomic E-state index is -1.16. The van der Waals surface area contributed by atoms with E-state index in [-0.39, 0.29) is 7.16 Å². The van der Waals surface area contributed by atoms with Crippen LogP contribution < -0.4 is 0 Å². The Kier molecular flexibility index (Phi) is 5.07. The van der Waals surface area contributed by atoms with E-state index in [1.54, 1.807) is 0 Å². The zero-order valence-corrected chi connectivity index (χ0v) is 13.0. The van der Waals surface area contributed by atoms with Crippen LogP contribution in [-0.2, 0) is 0 Å². The molecule has 0 aromatic carbocycles. The van der Waals surface area contributed by atoms with E-state index in [4.69, 9.17) is 22.5 Å². The van der Waals surface area contributed by atoms with Crippen molar-refractivity contribution in [3.05, 3.63) is 0 Å². The van der Waals surface area contributed by atoms with Crippen molar-refractivity contribution in [3.63, 3.8) is 0 Å². The summed E-state index contributed by atoms with van der Waals surface area (Å²) in [6.45, 7) is 13.9. The zero-order chi connectivity index (χ0) is 10.2. The molecule has 5 heteroatoms. The summed E-state index contributed by atoms with van der Waals surface area (Å²) in [6.07, 6.45) is -0.769. The average Bonchev–Trinajstić information content (AvgIpc) is 1.49. The van der Waals surface area contributed by atoms with Gasteiger partial charge in [-0.2, -0.15) is 0 Å². The molecule has 0 rings (SSSR count). The molecule has 0 amide bonds. The predicted molar refractivity (Wildman–Crippen MR) is 68.6 cm³/mol. The topological polar surface area (TPSA) is 0 Å². The molecule has 0 N–H and O–H groups in total. The lowest BCUT2D eigenvalue weighted by atomic mass is 10.3. The highest BCUT2D eigenvalue weighted by Gasteiger charge is 2.40. The third-order valence-corrected chi connectivity index (χ3v) is 25.0. The third kappa shape index (κ3) is 4.25. The van der Waals surface area contributed by atoms with E-state index in [2.05, 4.69) is 40.4 Å². The number of hydrogen-bond acceptors (Lipinski definition) is 0. The van der Waals surface area contributed by atoms with Gasteiger partial charge in [0.1, 0.15) is 6.32 Å². The molecule has 0 aromatic heterocycles. The van der Waals surface area contributed by atoms with E-state index in [0.717, 1.165) is 0 Å². The summed E-state index contributed by atoms with van der Waals surface area (Å²) in [5.41, 5.74) is 0. The highest BCUT2D eigenvalue weighted by Crippen LogP contribution is 2.84. The molecule has 1 atom stereocenters. The molecule has 0 bridgehead atoms. The van der Waals surface area contributed by atoms with Crippen molar-refractivity contribution in [2.75, 3.05) is 0 Å². The van der Waals surface area contributed by atoms with Crippen molar-refractivity contribution < 1.29 is 0 Å². The van der Waals surface area contributed by atoms with Crippen molar-refractivity contribution in [2.24, 2.45) is 0 Å². The second-order valence-corrected chi connectivity index (χ2v) is 24.5.